The lowest BCUT2D eigenvalue weighted by molar-refractivity contribution is -0.146. The number of amides is 4. The third kappa shape index (κ3) is 7.74. The Balaban J connectivity index is 1.39. The van der Waals surface area contributed by atoms with Gasteiger partial charge in [0, 0.05) is 28.7 Å². The monoisotopic (exact) mass is 767 g/mol. The topological polar surface area (TPSA) is 185 Å². The van der Waals surface area contributed by atoms with E-state index in [1.165, 1.54) is 16.0 Å². The molecule has 6 rings (SSSR count). The van der Waals surface area contributed by atoms with Crippen molar-refractivity contribution in [3.63, 3.8) is 0 Å². The number of hydrogen-bond donors (Lipinski definition) is 3. The molecule has 1 saturated heterocycles. The van der Waals surface area contributed by atoms with Gasteiger partial charge in [-0.25, -0.2) is 18.2 Å². The zero-order valence-corrected chi connectivity index (χ0v) is 32.7. The molecular weight excluding hydrogens is 715 g/mol. The fourth-order valence-electron chi connectivity index (χ4n) is 8.32. The first-order chi connectivity index (χ1) is 25.5. The molecule has 15 heteroatoms. The van der Waals surface area contributed by atoms with Crippen molar-refractivity contribution in [3.05, 3.63) is 42.6 Å². The van der Waals surface area contributed by atoms with Gasteiger partial charge in [0.15, 0.2) is 0 Å². The number of nitrogens with zero attached hydrogens (tertiary/aromatic N) is 3. The fourth-order valence-corrected chi connectivity index (χ4v) is 9.89. The molecule has 54 heavy (non-hydrogen) atoms. The van der Waals surface area contributed by atoms with Gasteiger partial charge in [0.2, 0.25) is 27.7 Å². The first-order valence-corrected chi connectivity index (χ1v) is 20.5. The second-order valence-corrected chi connectivity index (χ2v) is 18.5. The number of sulfonamides is 1. The van der Waals surface area contributed by atoms with E-state index in [-0.39, 0.29) is 31.2 Å². The molecule has 4 amide bonds. The number of methoxy groups -OCH3 is 1. The summed E-state index contributed by atoms with van der Waals surface area (Å²) in [5, 5.41) is 14.2. The van der Waals surface area contributed by atoms with Gasteiger partial charge in [-0.2, -0.15) is 0 Å². The zero-order chi connectivity index (χ0) is 39.2. The second-order valence-electron chi connectivity index (χ2n) is 16.6. The number of nitrogens with one attached hydrogen (secondary N) is 2. The SMILES string of the molecule is COc1cnc(O[C@@H]2C[C@H]3C(=O)N[C@]4(C(=O)NS(=O)(=O)C5CCC5)C[C@H]4/C=C\CC[C@H](C)C[C@@H](C)[C@H](N(C(=O)O)C(C)(C)C)C(=O)N3C2)c2ccccc12. The molecule has 0 spiro atoms. The van der Waals surface area contributed by atoms with Crippen LogP contribution in [0.4, 0.5) is 4.79 Å². The largest absolute Gasteiger partial charge is 0.494 e. The Morgan fingerprint density at radius 1 is 1.09 bits per heavy atom. The Bertz CT molecular complexity index is 1930. The average Bonchev–Trinajstić information content (AvgIpc) is 3.59. The molecular formula is C39H53N5O9S. The van der Waals surface area contributed by atoms with E-state index in [0.29, 0.717) is 36.8 Å². The fraction of sp³-hybridized carbons (Fsp3) is 0.615. The quantitative estimate of drug-likeness (QED) is 0.336. The molecule has 2 aliphatic carbocycles. The van der Waals surface area contributed by atoms with Gasteiger partial charge < -0.3 is 24.8 Å². The molecule has 4 aliphatic rings. The molecule has 3 N–H and O–H groups in total. The van der Waals surface area contributed by atoms with Crippen LogP contribution in [-0.2, 0) is 24.4 Å². The molecule has 1 aromatic heterocycles. The maximum atomic E-state index is 15.0. The third-order valence-corrected chi connectivity index (χ3v) is 13.3. The lowest BCUT2D eigenvalue weighted by Gasteiger charge is -2.43. The number of benzene rings is 1. The molecule has 2 aromatic rings. The Labute approximate surface area is 317 Å². The van der Waals surface area contributed by atoms with Gasteiger partial charge >= 0.3 is 6.09 Å². The summed E-state index contributed by atoms with van der Waals surface area (Å²) in [4.78, 5) is 63.5. The van der Waals surface area contributed by atoms with E-state index in [9.17, 15) is 27.9 Å². The van der Waals surface area contributed by atoms with Crippen LogP contribution in [0.2, 0.25) is 0 Å². The predicted molar refractivity (Wildman–Crippen MR) is 201 cm³/mol. The lowest BCUT2D eigenvalue weighted by Crippen LogP contribution is -2.62. The first-order valence-electron chi connectivity index (χ1n) is 18.9. The molecule has 2 saturated carbocycles. The number of fused-ring (bicyclic) bond motifs is 3. The van der Waals surface area contributed by atoms with Crippen molar-refractivity contribution in [1.29, 1.82) is 0 Å². The van der Waals surface area contributed by atoms with Crippen molar-refractivity contribution in [1.82, 2.24) is 24.8 Å². The molecule has 3 fully saturated rings. The predicted octanol–water partition coefficient (Wildman–Crippen LogP) is 4.62. The highest BCUT2D eigenvalue weighted by molar-refractivity contribution is 7.90. The van der Waals surface area contributed by atoms with E-state index < -0.39 is 80.2 Å². The summed E-state index contributed by atoms with van der Waals surface area (Å²) in [5.41, 5.74) is -2.51. The third-order valence-electron chi connectivity index (χ3n) is 11.5. The lowest BCUT2D eigenvalue weighted by atomic mass is 9.85. The average molecular weight is 768 g/mol. The van der Waals surface area contributed by atoms with E-state index in [1.54, 1.807) is 27.9 Å². The van der Waals surface area contributed by atoms with Gasteiger partial charge in [0.1, 0.15) is 29.5 Å². The maximum Gasteiger partial charge on any atom is 0.408 e. The maximum absolute atomic E-state index is 15.0. The minimum Gasteiger partial charge on any atom is -0.494 e. The van der Waals surface area contributed by atoms with Gasteiger partial charge in [-0.05, 0) is 77.2 Å². The Morgan fingerprint density at radius 3 is 2.43 bits per heavy atom. The van der Waals surface area contributed by atoms with Gasteiger partial charge in [-0.15, -0.1) is 0 Å². The van der Waals surface area contributed by atoms with E-state index >= 15 is 4.79 Å². The Kier molecular flexibility index (Phi) is 10.9. The second kappa shape index (κ2) is 15.0. The number of carbonyl (C=O) groups is 4. The van der Waals surface area contributed by atoms with Crippen molar-refractivity contribution < 1.29 is 42.2 Å². The van der Waals surface area contributed by atoms with Crippen LogP contribution >= 0.6 is 0 Å². The molecule has 0 radical (unpaired) electrons. The number of ether oxygens (including phenoxy) is 2. The summed E-state index contributed by atoms with van der Waals surface area (Å²) < 4.78 is 40.4. The van der Waals surface area contributed by atoms with Crippen molar-refractivity contribution in [2.75, 3.05) is 13.7 Å². The molecule has 1 aromatic carbocycles. The highest BCUT2D eigenvalue weighted by Gasteiger charge is 2.62. The van der Waals surface area contributed by atoms with Gasteiger partial charge in [0.25, 0.3) is 5.91 Å². The molecule has 7 atom stereocenters. The zero-order valence-electron chi connectivity index (χ0n) is 31.9. The minimum absolute atomic E-state index is 0.0122. The summed E-state index contributed by atoms with van der Waals surface area (Å²) in [6.45, 7) is 9.08. The van der Waals surface area contributed by atoms with E-state index in [0.717, 1.165) is 18.2 Å². The van der Waals surface area contributed by atoms with Crippen molar-refractivity contribution in [3.8, 4) is 11.6 Å². The minimum atomic E-state index is -3.95. The summed E-state index contributed by atoms with van der Waals surface area (Å²) in [6, 6.07) is 5.09. The van der Waals surface area contributed by atoms with Gasteiger partial charge in [-0.3, -0.25) is 24.0 Å². The number of aromatic nitrogens is 1. The number of allylic oxidation sites excluding steroid dienone is 1. The molecule has 0 unspecified atom stereocenters. The van der Waals surface area contributed by atoms with Crippen LogP contribution in [0.5, 0.6) is 11.6 Å². The Hall–Kier alpha value is -4.40. The van der Waals surface area contributed by atoms with Crippen LogP contribution < -0.4 is 19.5 Å². The highest BCUT2D eigenvalue weighted by Crippen LogP contribution is 2.46. The number of rotatable bonds is 7. The summed E-state index contributed by atoms with van der Waals surface area (Å²) in [6.07, 6.45) is 7.18. The summed E-state index contributed by atoms with van der Waals surface area (Å²) in [7, 11) is -2.40. The van der Waals surface area contributed by atoms with E-state index in [1.807, 2.05) is 43.3 Å². The van der Waals surface area contributed by atoms with Crippen LogP contribution in [-0.4, -0.2) is 100 Å². The van der Waals surface area contributed by atoms with Gasteiger partial charge in [-0.1, -0.05) is 50.6 Å². The van der Waals surface area contributed by atoms with Crippen LogP contribution in [0.3, 0.4) is 0 Å². The van der Waals surface area contributed by atoms with Crippen molar-refractivity contribution in [2.45, 2.75) is 121 Å². The van der Waals surface area contributed by atoms with E-state index in [4.69, 9.17) is 9.47 Å². The molecule has 14 nitrogen and oxygen atoms in total. The Morgan fingerprint density at radius 2 is 1.80 bits per heavy atom. The standard InChI is InChI=1S/C39H53N5O9S/c1-23-12-7-8-13-25-20-39(25,36(47)42-54(50,51)27-14-11-15-27)41-33(45)30-19-26(53-34-29-17-10-9-16-28(29)31(52-6)21-40-34)22-43(30)35(46)32(24(2)18-23)44(37(48)49)38(3,4)5/h8-10,13,16-17,21,23-27,30,32H,7,11-12,14-15,18-20,22H2,1-6H3,(H,41,45)(H,42,47)(H,48,49)/b13-8-/t23-,24+,25+,26+,30-,32-,39+/m0/s1. The van der Waals surface area contributed by atoms with Gasteiger partial charge in [0.05, 0.1) is 25.1 Å². The van der Waals surface area contributed by atoms with Crippen molar-refractivity contribution >= 4 is 44.6 Å². The van der Waals surface area contributed by atoms with Crippen molar-refractivity contribution in [2.24, 2.45) is 17.8 Å². The number of pyridine rings is 1. The molecule has 2 aliphatic heterocycles. The number of carbonyl (C=O) groups excluding carboxylic acids is 3. The summed E-state index contributed by atoms with van der Waals surface area (Å²) in [5.74, 6) is -1.94. The summed E-state index contributed by atoms with van der Waals surface area (Å²) >= 11 is 0. The van der Waals surface area contributed by atoms with Crippen LogP contribution in [0.15, 0.2) is 42.6 Å². The van der Waals surface area contributed by atoms with Crippen LogP contribution in [0, 0.1) is 17.8 Å². The van der Waals surface area contributed by atoms with Crippen LogP contribution in [0.25, 0.3) is 10.8 Å². The molecule has 294 valence electrons. The number of hydrogen-bond acceptors (Lipinski definition) is 9. The smallest absolute Gasteiger partial charge is 0.408 e. The van der Waals surface area contributed by atoms with E-state index in [2.05, 4.69) is 21.9 Å². The highest BCUT2D eigenvalue weighted by atomic mass is 32.2. The molecule has 3 heterocycles. The molecule has 0 bridgehead atoms. The first kappa shape index (κ1) is 39.3. The van der Waals surface area contributed by atoms with Crippen LogP contribution in [0.1, 0.15) is 86.0 Å². The number of carboxylic acid groups (broad SMARTS) is 1. The normalized spacial score (nSPS) is 30.1.